The third kappa shape index (κ3) is 5.35. The molecular formula is C22H28N2O8S2. The summed E-state index contributed by atoms with van der Waals surface area (Å²) in [6, 6.07) is 14.3. The van der Waals surface area contributed by atoms with Crippen molar-refractivity contribution in [3.8, 4) is 5.75 Å². The van der Waals surface area contributed by atoms with Crippen molar-refractivity contribution in [3.05, 3.63) is 54.6 Å². The Labute approximate surface area is 199 Å². The van der Waals surface area contributed by atoms with E-state index in [0.29, 0.717) is 11.4 Å². The summed E-state index contributed by atoms with van der Waals surface area (Å²) >= 11 is 0. The fourth-order valence-corrected chi connectivity index (χ4v) is 6.87. The number of nitrogens with one attached hydrogen (secondary N) is 1. The van der Waals surface area contributed by atoms with Crippen molar-refractivity contribution in [1.29, 1.82) is 0 Å². The van der Waals surface area contributed by atoms with E-state index >= 15 is 0 Å². The molecule has 1 aliphatic heterocycles. The zero-order valence-electron chi connectivity index (χ0n) is 18.7. The minimum Gasteiger partial charge on any atom is -0.494 e. The van der Waals surface area contributed by atoms with Crippen LogP contribution in [0.1, 0.15) is 19.3 Å². The lowest BCUT2D eigenvalue weighted by Gasteiger charge is -2.34. The van der Waals surface area contributed by atoms with Crippen LogP contribution in [0.4, 0.5) is 5.69 Å². The second-order valence-electron chi connectivity index (χ2n) is 7.84. The minimum absolute atomic E-state index is 0.0775. The third-order valence-corrected chi connectivity index (χ3v) is 10.2. The van der Waals surface area contributed by atoms with E-state index in [4.69, 9.17) is 14.7 Å². The maximum Gasteiger partial charge on any atom is 0.265 e. The van der Waals surface area contributed by atoms with Crippen LogP contribution in [0, 0.1) is 0 Å². The Morgan fingerprint density at radius 2 is 1.68 bits per heavy atom. The number of sulfone groups is 1. The highest BCUT2D eigenvalue weighted by Gasteiger charge is 2.52. The van der Waals surface area contributed by atoms with E-state index in [2.05, 4.69) is 0 Å². The number of hydrogen-bond donors (Lipinski definition) is 2. The normalized spacial score (nSPS) is 15.9. The van der Waals surface area contributed by atoms with E-state index in [1.807, 2.05) is 0 Å². The van der Waals surface area contributed by atoms with Crippen molar-refractivity contribution in [2.24, 2.45) is 0 Å². The van der Waals surface area contributed by atoms with Crippen molar-refractivity contribution in [2.45, 2.75) is 28.9 Å². The van der Waals surface area contributed by atoms with E-state index < -0.39 is 30.5 Å². The molecule has 1 amide bonds. The lowest BCUT2D eigenvalue weighted by atomic mass is 9.98. The average molecular weight is 513 g/mol. The van der Waals surface area contributed by atoms with Crippen LogP contribution in [0.25, 0.3) is 0 Å². The number of benzene rings is 2. The molecule has 0 spiro atoms. The van der Waals surface area contributed by atoms with E-state index in [1.165, 1.54) is 41.1 Å². The molecule has 2 aromatic rings. The van der Waals surface area contributed by atoms with Gasteiger partial charge in [-0.15, -0.1) is 0 Å². The zero-order chi connectivity index (χ0) is 24.8. The van der Waals surface area contributed by atoms with E-state index in [1.54, 1.807) is 30.3 Å². The predicted molar refractivity (Wildman–Crippen MR) is 125 cm³/mol. The van der Waals surface area contributed by atoms with Gasteiger partial charge in [0.15, 0.2) is 14.6 Å². The van der Waals surface area contributed by atoms with Crippen molar-refractivity contribution in [2.75, 3.05) is 36.9 Å². The van der Waals surface area contributed by atoms with Crippen LogP contribution >= 0.6 is 0 Å². The highest BCUT2D eigenvalue weighted by Crippen LogP contribution is 2.35. The number of amides is 1. The van der Waals surface area contributed by atoms with Gasteiger partial charge in [-0.1, -0.05) is 18.2 Å². The Kier molecular flexibility index (Phi) is 8.18. The highest BCUT2D eigenvalue weighted by molar-refractivity contribution is 7.93. The van der Waals surface area contributed by atoms with Crippen LogP contribution in [-0.2, 0) is 29.4 Å². The Morgan fingerprint density at radius 1 is 1.06 bits per heavy atom. The monoisotopic (exact) mass is 512 g/mol. The van der Waals surface area contributed by atoms with Gasteiger partial charge in [-0.3, -0.25) is 14.3 Å². The molecule has 0 aromatic heterocycles. The molecule has 34 heavy (non-hydrogen) atoms. The predicted octanol–water partition coefficient (Wildman–Crippen LogP) is 1.75. The van der Waals surface area contributed by atoms with Gasteiger partial charge >= 0.3 is 0 Å². The molecule has 1 heterocycles. The smallest absolute Gasteiger partial charge is 0.265 e. The molecule has 2 N–H and O–H groups in total. The molecule has 1 fully saturated rings. The van der Waals surface area contributed by atoms with Crippen molar-refractivity contribution in [3.63, 3.8) is 0 Å². The minimum atomic E-state index is -4.12. The number of ether oxygens (including phenoxy) is 2. The fourth-order valence-electron chi connectivity index (χ4n) is 3.73. The molecule has 0 radical (unpaired) electrons. The van der Waals surface area contributed by atoms with Crippen molar-refractivity contribution in [1.82, 2.24) is 5.48 Å². The zero-order valence-corrected chi connectivity index (χ0v) is 20.3. The Balaban J connectivity index is 1.61. The second kappa shape index (κ2) is 10.7. The lowest BCUT2D eigenvalue weighted by molar-refractivity contribution is -0.134. The first kappa shape index (κ1) is 25.9. The van der Waals surface area contributed by atoms with Gasteiger partial charge in [0.1, 0.15) is 5.75 Å². The van der Waals surface area contributed by atoms with Crippen LogP contribution < -0.4 is 14.5 Å². The van der Waals surface area contributed by atoms with E-state index in [0.717, 1.165) is 0 Å². The topological polar surface area (TPSA) is 139 Å². The van der Waals surface area contributed by atoms with Gasteiger partial charge in [-0.2, -0.15) is 0 Å². The number of hydroxylamine groups is 1. The maximum absolute atomic E-state index is 13.2. The number of nitrogens with zero attached hydrogens (tertiary/aromatic N) is 1. The molecule has 0 aliphatic carbocycles. The lowest BCUT2D eigenvalue weighted by Crippen LogP contribution is -2.54. The second-order valence-corrected chi connectivity index (χ2v) is 12.2. The molecule has 3 rings (SSSR count). The molecule has 2 aromatic carbocycles. The number of anilines is 1. The molecule has 1 saturated heterocycles. The average Bonchev–Trinajstić information content (AvgIpc) is 2.86. The molecule has 1 aliphatic rings. The first-order chi connectivity index (χ1) is 16.1. The number of carbonyl (C=O) groups is 1. The standard InChI is InChI=1S/C22H28N2O8S2/c1-24(18-6-3-2-4-7-18)33(27,28)17-5-14-32-19-8-10-20(11-9-19)34(29,30)22(21(25)23-26)12-15-31-16-13-22/h2-4,6-11,26H,5,12-17H2,1H3,(H,23,25). The summed E-state index contributed by atoms with van der Waals surface area (Å²) in [5.74, 6) is -0.746. The molecule has 10 nitrogen and oxygen atoms in total. The Morgan fingerprint density at radius 3 is 2.26 bits per heavy atom. The largest absolute Gasteiger partial charge is 0.494 e. The van der Waals surface area contributed by atoms with Crippen molar-refractivity contribution < 1.29 is 36.3 Å². The van der Waals surface area contributed by atoms with Crippen LogP contribution in [0.5, 0.6) is 5.75 Å². The van der Waals surface area contributed by atoms with Crippen LogP contribution in [0.15, 0.2) is 59.5 Å². The molecule has 186 valence electrons. The SMILES string of the molecule is CN(c1ccccc1)S(=O)(=O)CCCOc1ccc(S(=O)(=O)C2(C(=O)NO)CCOCC2)cc1. The van der Waals surface area contributed by atoms with E-state index in [9.17, 15) is 21.6 Å². The highest BCUT2D eigenvalue weighted by atomic mass is 32.2. The fraction of sp³-hybridized carbons (Fsp3) is 0.409. The summed E-state index contributed by atoms with van der Waals surface area (Å²) in [7, 11) is -6.15. The van der Waals surface area contributed by atoms with Gasteiger partial charge in [-0.05, 0) is 55.7 Å². The molecule has 0 atom stereocenters. The Bertz CT molecular complexity index is 1180. The van der Waals surface area contributed by atoms with Crippen LogP contribution in [0.2, 0.25) is 0 Å². The van der Waals surface area contributed by atoms with Gasteiger partial charge in [0.2, 0.25) is 10.0 Å². The number of carbonyl (C=O) groups excluding carboxylic acids is 1. The first-order valence-electron chi connectivity index (χ1n) is 10.7. The quantitative estimate of drug-likeness (QED) is 0.279. The summed E-state index contributed by atoms with van der Waals surface area (Å²) < 4.78 is 61.6. The summed E-state index contributed by atoms with van der Waals surface area (Å²) in [4.78, 5) is 12.2. The van der Waals surface area contributed by atoms with Gasteiger partial charge in [-0.25, -0.2) is 22.3 Å². The molecule has 0 unspecified atom stereocenters. The van der Waals surface area contributed by atoms with Crippen LogP contribution in [0.3, 0.4) is 0 Å². The molecule has 0 bridgehead atoms. The Hall–Kier alpha value is -2.67. The molecular weight excluding hydrogens is 484 g/mol. The number of hydrogen-bond acceptors (Lipinski definition) is 8. The van der Waals surface area contributed by atoms with Gasteiger partial charge in [0.25, 0.3) is 5.91 Å². The number of para-hydroxylation sites is 1. The third-order valence-electron chi connectivity index (χ3n) is 5.82. The summed E-state index contributed by atoms with van der Waals surface area (Å²) in [5.41, 5.74) is 2.04. The van der Waals surface area contributed by atoms with Crippen molar-refractivity contribution >= 4 is 31.5 Å². The summed E-state index contributed by atoms with van der Waals surface area (Å²) in [6.07, 6.45) is 0.0805. The molecule has 0 saturated carbocycles. The summed E-state index contributed by atoms with van der Waals surface area (Å²) in [6.45, 7) is 0.272. The number of sulfonamides is 1. The van der Waals surface area contributed by atoms with Crippen LogP contribution in [-0.4, -0.2) is 65.3 Å². The van der Waals surface area contributed by atoms with Gasteiger partial charge in [0, 0.05) is 20.3 Å². The van der Waals surface area contributed by atoms with E-state index in [-0.39, 0.29) is 49.7 Å². The number of rotatable bonds is 10. The molecule has 12 heteroatoms. The maximum atomic E-state index is 13.2. The van der Waals surface area contributed by atoms with Gasteiger partial charge < -0.3 is 9.47 Å². The summed E-state index contributed by atoms with van der Waals surface area (Å²) in [5, 5.41) is 9.11. The van der Waals surface area contributed by atoms with Gasteiger partial charge in [0.05, 0.1) is 22.9 Å². The first-order valence-corrected chi connectivity index (χ1v) is 13.7.